The molecule has 0 spiro atoms. The van der Waals surface area contributed by atoms with Crippen molar-refractivity contribution in [3.05, 3.63) is 51.8 Å². The topological polar surface area (TPSA) is 69.4 Å². The standard InChI is InChI=1S/C12H12FNO4/c1-2-18-12(15)10(8-13)6-9-4-3-5-11(7-9)14(16)17/h3-5,7-8H,2,6H2,1H3/b10-8+. The fourth-order valence-corrected chi connectivity index (χ4v) is 1.38. The Balaban J connectivity index is 2.86. The average Bonchev–Trinajstić information content (AvgIpc) is 2.36. The molecule has 0 N–H and O–H groups in total. The number of nitro benzene ring substituents is 1. The number of hydrogen-bond donors (Lipinski definition) is 0. The number of halogens is 1. The van der Waals surface area contributed by atoms with Crippen molar-refractivity contribution in [2.45, 2.75) is 13.3 Å². The van der Waals surface area contributed by atoms with Crippen LogP contribution in [0.15, 0.2) is 36.2 Å². The molecule has 0 atom stereocenters. The molecular weight excluding hydrogens is 241 g/mol. The summed E-state index contributed by atoms with van der Waals surface area (Å²) in [4.78, 5) is 21.4. The number of nitro groups is 1. The van der Waals surface area contributed by atoms with Crippen LogP contribution in [0.3, 0.4) is 0 Å². The van der Waals surface area contributed by atoms with Gasteiger partial charge in [0.2, 0.25) is 0 Å². The first-order valence-electron chi connectivity index (χ1n) is 5.28. The molecule has 1 rings (SSSR count). The number of hydrogen-bond acceptors (Lipinski definition) is 4. The van der Waals surface area contributed by atoms with E-state index < -0.39 is 10.9 Å². The van der Waals surface area contributed by atoms with Gasteiger partial charge >= 0.3 is 5.97 Å². The van der Waals surface area contributed by atoms with Gasteiger partial charge in [0.1, 0.15) is 0 Å². The predicted molar refractivity (Wildman–Crippen MR) is 62.6 cm³/mol. The highest BCUT2D eigenvalue weighted by Gasteiger charge is 2.13. The first-order chi connectivity index (χ1) is 8.58. The molecule has 0 saturated carbocycles. The van der Waals surface area contributed by atoms with E-state index in [4.69, 9.17) is 0 Å². The molecule has 5 nitrogen and oxygen atoms in total. The van der Waals surface area contributed by atoms with E-state index in [2.05, 4.69) is 4.74 Å². The van der Waals surface area contributed by atoms with Crippen molar-refractivity contribution in [1.82, 2.24) is 0 Å². The highest BCUT2D eigenvalue weighted by atomic mass is 19.1. The fraction of sp³-hybridized carbons (Fsp3) is 0.250. The molecule has 0 bridgehead atoms. The maximum atomic E-state index is 12.6. The predicted octanol–water partition coefficient (Wildman–Crippen LogP) is 2.55. The zero-order chi connectivity index (χ0) is 13.5. The summed E-state index contributed by atoms with van der Waals surface area (Å²) in [5, 5.41) is 10.6. The summed E-state index contributed by atoms with van der Waals surface area (Å²) in [6.07, 6.45) is 0.119. The lowest BCUT2D eigenvalue weighted by atomic mass is 10.1. The molecule has 1 aromatic carbocycles. The zero-order valence-corrected chi connectivity index (χ0v) is 9.76. The Morgan fingerprint density at radius 3 is 2.83 bits per heavy atom. The van der Waals surface area contributed by atoms with Crippen LogP contribution in [-0.4, -0.2) is 17.5 Å². The first kappa shape index (κ1) is 13.8. The van der Waals surface area contributed by atoms with Gasteiger partial charge < -0.3 is 4.74 Å². The van der Waals surface area contributed by atoms with Crippen molar-refractivity contribution in [3.63, 3.8) is 0 Å². The van der Waals surface area contributed by atoms with E-state index in [0.717, 1.165) is 0 Å². The van der Waals surface area contributed by atoms with Gasteiger partial charge in [-0.2, -0.15) is 0 Å². The van der Waals surface area contributed by atoms with Crippen LogP contribution in [-0.2, 0) is 16.0 Å². The molecule has 0 aromatic heterocycles. The number of non-ortho nitro benzene ring substituents is 1. The second-order valence-electron chi connectivity index (χ2n) is 3.46. The summed E-state index contributed by atoms with van der Waals surface area (Å²) in [5.74, 6) is -0.758. The Kier molecular flexibility index (Phi) is 4.98. The fourth-order valence-electron chi connectivity index (χ4n) is 1.38. The molecule has 96 valence electrons. The molecule has 0 amide bonds. The van der Waals surface area contributed by atoms with E-state index in [9.17, 15) is 19.3 Å². The first-order valence-corrected chi connectivity index (χ1v) is 5.28. The summed E-state index contributed by atoms with van der Waals surface area (Å²) in [5.41, 5.74) is 0.202. The van der Waals surface area contributed by atoms with Crippen LogP contribution in [0, 0.1) is 10.1 Å². The molecule has 0 radical (unpaired) electrons. The Morgan fingerprint density at radius 2 is 2.28 bits per heavy atom. The van der Waals surface area contributed by atoms with E-state index >= 15 is 0 Å². The molecule has 0 fully saturated rings. The lowest BCUT2D eigenvalue weighted by Crippen LogP contribution is -2.09. The Bertz CT molecular complexity index is 485. The lowest BCUT2D eigenvalue weighted by Gasteiger charge is -2.05. The third-order valence-electron chi connectivity index (χ3n) is 2.19. The summed E-state index contributed by atoms with van der Waals surface area (Å²) in [7, 11) is 0. The Hall–Kier alpha value is -2.24. The maximum absolute atomic E-state index is 12.6. The van der Waals surface area contributed by atoms with Gasteiger partial charge in [-0.05, 0) is 12.5 Å². The average molecular weight is 253 g/mol. The van der Waals surface area contributed by atoms with Crippen molar-refractivity contribution in [3.8, 4) is 0 Å². The monoisotopic (exact) mass is 253 g/mol. The van der Waals surface area contributed by atoms with Gasteiger partial charge in [0.05, 0.1) is 23.4 Å². The number of carbonyl (C=O) groups excluding carboxylic acids is 1. The van der Waals surface area contributed by atoms with Crippen LogP contribution in [0.5, 0.6) is 0 Å². The van der Waals surface area contributed by atoms with Crippen LogP contribution in [0.4, 0.5) is 10.1 Å². The van der Waals surface area contributed by atoms with Crippen LogP contribution in [0.25, 0.3) is 0 Å². The highest BCUT2D eigenvalue weighted by molar-refractivity contribution is 5.88. The summed E-state index contributed by atoms with van der Waals surface area (Å²) in [6, 6.07) is 5.68. The smallest absolute Gasteiger partial charge is 0.336 e. The minimum Gasteiger partial charge on any atom is -0.463 e. The van der Waals surface area contributed by atoms with E-state index in [1.165, 1.54) is 18.2 Å². The SMILES string of the molecule is CCOC(=O)/C(=C/F)Cc1cccc([N+](=O)[O-])c1. The molecule has 0 unspecified atom stereocenters. The van der Waals surface area contributed by atoms with Crippen molar-refractivity contribution in [2.75, 3.05) is 6.61 Å². The van der Waals surface area contributed by atoms with E-state index in [-0.39, 0.29) is 30.6 Å². The van der Waals surface area contributed by atoms with Crippen molar-refractivity contribution < 1.29 is 18.8 Å². The zero-order valence-electron chi connectivity index (χ0n) is 9.76. The molecule has 0 saturated heterocycles. The largest absolute Gasteiger partial charge is 0.463 e. The summed E-state index contributed by atoms with van der Waals surface area (Å²) < 4.78 is 17.2. The molecule has 18 heavy (non-hydrogen) atoms. The molecular formula is C12H12FNO4. The highest BCUT2D eigenvalue weighted by Crippen LogP contribution is 2.16. The van der Waals surface area contributed by atoms with Gasteiger partial charge in [-0.1, -0.05) is 12.1 Å². The van der Waals surface area contributed by atoms with Gasteiger partial charge in [0, 0.05) is 18.6 Å². The molecule has 0 heterocycles. The van der Waals surface area contributed by atoms with Crippen LogP contribution in [0.2, 0.25) is 0 Å². The van der Waals surface area contributed by atoms with Gasteiger partial charge in [-0.15, -0.1) is 0 Å². The van der Waals surface area contributed by atoms with Crippen molar-refractivity contribution in [2.24, 2.45) is 0 Å². The van der Waals surface area contributed by atoms with Crippen molar-refractivity contribution >= 4 is 11.7 Å². The molecule has 1 aromatic rings. The quantitative estimate of drug-likeness (QED) is 0.350. The minimum absolute atomic E-state index is 0.0446. The summed E-state index contributed by atoms with van der Waals surface area (Å²) in [6.45, 7) is 1.76. The number of rotatable bonds is 5. The Labute approximate surface area is 103 Å². The minimum atomic E-state index is -0.758. The molecule has 0 aliphatic carbocycles. The third-order valence-corrected chi connectivity index (χ3v) is 2.19. The number of esters is 1. The van der Waals surface area contributed by atoms with Crippen LogP contribution >= 0.6 is 0 Å². The normalized spacial score (nSPS) is 11.1. The Morgan fingerprint density at radius 1 is 1.56 bits per heavy atom. The van der Waals surface area contributed by atoms with Crippen LogP contribution in [0.1, 0.15) is 12.5 Å². The van der Waals surface area contributed by atoms with E-state index in [1.54, 1.807) is 13.0 Å². The van der Waals surface area contributed by atoms with E-state index in [0.29, 0.717) is 5.56 Å². The number of carbonyl (C=O) groups is 1. The van der Waals surface area contributed by atoms with Gasteiger partial charge in [-0.3, -0.25) is 10.1 Å². The van der Waals surface area contributed by atoms with Gasteiger partial charge in [-0.25, -0.2) is 9.18 Å². The van der Waals surface area contributed by atoms with Gasteiger partial charge in [0.25, 0.3) is 5.69 Å². The van der Waals surface area contributed by atoms with Crippen LogP contribution < -0.4 is 0 Å². The molecule has 0 aliphatic heterocycles. The maximum Gasteiger partial charge on any atom is 0.336 e. The molecule has 6 heteroatoms. The molecule has 0 aliphatic rings. The third kappa shape index (κ3) is 3.65. The second kappa shape index (κ2) is 6.48. The van der Waals surface area contributed by atoms with Crippen molar-refractivity contribution in [1.29, 1.82) is 0 Å². The number of ether oxygens (including phenoxy) is 1. The van der Waals surface area contributed by atoms with Gasteiger partial charge in [0.15, 0.2) is 0 Å². The number of nitrogens with zero attached hydrogens (tertiary/aromatic N) is 1. The lowest BCUT2D eigenvalue weighted by molar-refractivity contribution is -0.384. The van der Waals surface area contributed by atoms with E-state index in [1.807, 2.05) is 0 Å². The summed E-state index contributed by atoms with van der Waals surface area (Å²) >= 11 is 0. The second-order valence-corrected chi connectivity index (χ2v) is 3.46. The number of benzene rings is 1.